The molecule has 1 aliphatic rings. The highest BCUT2D eigenvalue weighted by molar-refractivity contribution is 5.82. The molecule has 2 unspecified atom stereocenters. The summed E-state index contributed by atoms with van der Waals surface area (Å²) in [7, 11) is 0. The lowest BCUT2D eigenvalue weighted by atomic mass is 9.88. The molecule has 2 heterocycles. The zero-order valence-electron chi connectivity index (χ0n) is 12.3. The van der Waals surface area contributed by atoms with E-state index < -0.39 is 0 Å². The van der Waals surface area contributed by atoms with Gasteiger partial charge in [0, 0.05) is 23.7 Å². The number of aromatic nitrogens is 1. The molecule has 1 aromatic carbocycles. The molecule has 3 heteroatoms. The van der Waals surface area contributed by atoms with Crippen LogP contribution in [0.4, 0.5) is 0 Å². The van der Waals surface area contributed by atoms with Crippen molar-refractivity contribution in [1.82, 2.24) is 9.88 Å². The van der Waals surface area contributed by atoms with Gasteiger partial charge in [-0.3, -0.25) is 9.88 Å². The van der Waals surface area contributed by atoms with E-state index in [1.807, 2.05) is 12.3 Å². The van der Waals surface area contributed by atoms with Gasteiger partial charge in [0.05, 0.1) is 11.6 Å². The van der Waals surface area contributed by atoms with Gasteiger partial charge in [0.1, 0.15) is 0 Å². The number of pyridine rings is 1. The fourth-order valence-electron chi connectivity index (χ4n) is 3.41. The summed E-state index contributed by atoms with van der Waals surface area (Å²) < 4.78 is 0. The summed E-state index contributed by atoms with van der Waals surface area (Å²) in [5.74, 6) is 0. The molecular weight excluding hydrogens is 246 g/mol. The predicted octanol–water partition coefficient (Wildman–Crippen LogP) is 3.11. The smallest absolute Gasteiger partial charge is 0.0750 e. The Morgan fingerprint density at radius 1 is 1.25 bits per heavy atom. The second-order valence-electron chi connectivity index (χ2n) is 6.00. The van der Waals surface area contributed by atoms with Crippen LogP contribution in [0, 0.1) is 0 Å². The molecule has 2 atom stereocenters. The quantitative estimate of drug-likeness (QED) is 0.911. The highest BCUT2D eigenvalue weighted by atomic mass is 15.2. The Kier molecular flexibility index (Phi) is 3.72. The number of fused-ring (bicyclic) bond motifs is 1. The van der Waals surface area contributed by atoms with E-state index in [4.69, 9.17) is 5.73 Å². The molecule has 2 N–H and O–H groups in total. The summed E-state index contributed by atoms with van der Waals surface area (Å²) in [6.07, 6.45) is 4.16. The maximum absolute atomic E-state index is 6.46. The van der Waals surface area contributed by atoms with Crippen LogP contribution in [0.1, 0.15) is 38.3 Å². The van der Waals surface area contributed by atoms with E-state index >= 15 is 0 Å². The van der Waals surface area contributed by atoms with Crippen LogP contribution in [0.25, 0.3) is 10.9 Å². The van der Waals surface area contributed by atoms with Crippen molar-refractivity contribution in [2.24, 2.45) is 5.73 Å². The monoisotopic (exact) mass is 269 g/mol. The van der Waals surface area contributed by atoms with E-state index in [1.54, 1.807) is 0 Å². The van der Waals surface area contributed by atoms with E-state index in [-0.39, 0.29) is 12.1 Å². The van der Waals surface area contributed by atoms with E-state index in [2.05, 4.69) is 48.0 Å². The number of para-hydroxylation sites is 1. The van der Waals surface area contributed by atoms with Gasteiger partial charge in [-0.05, 0) is 44.9 Å². The highest BCUT2D eigenvalue weighted by Gasteiger charge is 2.32. The van der Waals surface area contributed by atoms with Crippen molar-refractivity contribution in [3.63, 3.8) is 0 Å². The standard InChI is InChI=1S/C17H23N3/c1-12(2)20-11-5-9-15(18)17(20)14-8-3-6-13-7-4-10-19-16(13)14/h3-4,6-8,10,12,15,17H,5,9,11,18H2,1-2H3. The zero-order chi connectivity index (χ0) is 14.1. The molecule has 20 heavy (non-hydrogen) atoms. The van der Waals surface area contributed by atoms with E-state index in [9.17, 15) is 0 Å². The van der Waals surface area contributed by atoms with Crippen LogP contribution in [-0.4, -0.2) is 28.5 Å². The Balaban J connectivity index is 2.11. The van der Waals surface area contributed by atoms with Gasteiger partial charge in [-0.1, -0.05) is 24.3 Å². The molecular formula is C17H23N3. The minimum atomic E-state index is 0.193. The number of rotatable bonds is 2. The van der Waals surface area contributed by atoms with Gasteiger partial charge in [0.25, 0.3) is 0 Å². The molecule has 0 saturated carbocycles. The maximum Gasteiger partial charge on any atom is 0.0750 e. The van der Waals surface area contributed by atoms with Crippen LogP contribution in [0.2, 0.25) is 0 Å². The van der Waals surface area contributed by atoms with Gasteiger partial charge in [0.15, 0.2) is 0 Å². The summed E-state index contributed by atoms with van der Waals surface area (Å²) in [6.45, 7) is 5.63. The number of nitrogens with zero attached hydrogens (tertiary/aromatic N) is 2. The van der Waals surface area contributed by atoms with Gasteiger partial charge in [0.2, 0.25) is 0 Å². The molecule has 3 nitrogen and oxygen atoms in total. The second-order valence-corrected chi connectivity index (χ2v) is 6.00. The van der Waals surface area contributed by atoms with E-state index in [0.29, 0.717) is 6.04 Å². The Morgan fingerprint density at radius 3 is 2.85 bits per heavy atom. The molecule has 106 valence electrons. The van der Waals surface area contributed by atoms with Gasteiger partial charge in [-0.2, -0.15) is 0 Å². The summed E-state index contributed by atoms with van der Waals surface area (Å²) in [6, 6.07) is 11.5. The Bertz CT molecular complexity index is 588. The molecule has 1 aliphatic heterocycles. The van der Waals surface area contributed by atoms with Gasteiger partial charge < -0.3 is 5.73 Å². The van der Waals surface area contributed by atoms with Crippen molar-refractivity contribution >= 4 is 10.9 Å². The van der Waals surface area contributed by atoms with E-state index in [0.717, 1.165) is 18.5 Å². The van der Waals surface area contributed by atoms with Crippen molar-refractivity contribution < 1.29 is 0 Å². The molecule has 0 spiro atoms. The largest absolute Gasteiger partial charge is 0.326 e. The molecule has 3 rings (SSSR count). The van der Waals surface area contributed by atoms with Crippen molar-refractivity contribution in [2.75, 3.05) is 6.54 Å². The number of benzene rings is 1. The Morgan fingerprint density at radius 2 is 2.05 bits per heavy atom. The van der Waals surface area contributed by atoms with Crippen LogP contribution in [-0.2, 0) is 0 Å². The molecule has 0 amide bonds. The molecule has 0 bridgehead atoms. The Labute approximate surface area is 120 Å². The summed E-state index contributed by atoms with van der Waals surface area (Å²) in [5.41, 5.74) is 8.84. The molecule has 1 aromatic heterocycles. The molecule has 0 aliphatic carbocycles. The Hall–Kier alpha value is -1.45. The minimum Gasteiger partial charge on any atom is -0.326 e. The van der Waals surface area contributed by atoms with E-state index in [1.165, 1.54) is 17.4 Å². The highest BCUT2D eigenvalue weighted by Crippen LogP contribution is 2.34. The average Bonchev–Trinajstić information content (AvgIpc) is 2.46. The number of likely N-dealkylation sites (tertiary alicyclic amines) is 1. The minimum absolute atomic E-state index is 0.193. The van der Waals surface area contributed by atoms with Crippen LogP contribution in [0.3, 0.4) is 0 Å². The van der Waals surface area contributed by atoms with Crippen LogP contribution < -0.4 is 5.73 Å². The lowest BCUT2D eigenvalue weighted by molar-refractivity contribution is 0.0955. The molecule has 1 saturated heterocycles. The third-order valence-corrected chi connectivity index (χ3v) is 4.36. The molecule has 2 aromatic rings. The first kappa shape index (κ1) is 13.5. The summed E-state index contributed by atoms with van der Waals surface area (Å²) >= 11 is 0. The number of nitrogens with two attached hydrogens (primary N) is 1. The summed E-state index contributed by atoms with van der Waals surface area (Å²) in [5, 5.41) is 1.20. The zero-order valence-corrected chi connectivity index (χ0v) is 12.3. The number of hydrogen-bond acceptors (Lipinski definition) is 3. The lowest BCUT2D eigenvalue weighted by Gasteiger charge is -2.42. The van der Waals surface area contributed by atoms with Crippen LogP contribution in [0.15, 0.2) is 36.5 Å². The average molecular weight is 269 g/mol. The van der Waals surface area contributed by atoms with Crippen molar-refractivity contribution in [1.29, 1.82) is 0 Å². The third-order valence-electron chi connectivity index (χ3n) is 4.36. The van der Waals surface area contributed by atoms with Gasteiger partial charge in [-0.25, -0.2) is 0 Å². The lowest BCUT2D eigenvalue weighted by Crippen LogP contribution is -2.48. The molecule has 1 fully saturated rings. The SMILES string of the molecule is CC(C)N1CCCC(N)C1c1cccc2cccnc12. The van der Waals surface area contributed by atoms with Gasteiger partial charge in [-0.15, -0.1) is 0 Å². The fraction of sp³-hybridized carbons (Fsp3) is 0.471. The first-order chi connectivity index (χ1) is 9.68. The van der Waals surface area contributed by atoms with Crippen molar-refractivity contribution in [3.05, 3.63) is 42.1 Å². The van der Waals surface area contributed by atoms with Crippen molar-refractivity contribution in [3.8, 4) is 0 Å². The van der Waals surface area contributed by atoms with Gasteiger partial charge >= 0.3 is 0 Å². The number of hydrogen-bond donors (Lipinski definition) is 1. The molecule has 0 radical (unpaired) electrons. The normalized spacial score (nSPS) is 24.4. The summed E-state index contributed by atoms with van der Waals surface area (Å²) in [4.78, 5) is 7.13. The van der Waals surface area contributed by atoms with Crippen molar-refractivity contribution in [2.45, 2.75) is 44.8 Å². The fourth-order valence-corrected chi connectivity index (χ4v) is 3.41. The third kappa shape index (κ3) is 2.32. The first-order valence-corrected chi connectivity index (χ1v) is 7.53. The first-order valence-electron chi connectivity index (χ1n) is 7.53. The number of piperidine rings is 1. The second kappa shape index (κ2) is 5.51. The predicted molar refractivity (Wildman–Crippen MR) is 83.5 cm³/mol. The maximum atomic E-state index is 6.46. The van der Waals surface area contributed by atoms with Crippen LogP contribution >= 0.6 is 0 Å². The topological polar surface area (TPSA) is 42.1 Å². The van der Waals surface area contributed by atoms with Crippen LogP contribution in [0.5, 0.6) is 0 Å².